The molecule has 2 unspecified atom stereocenters. The minimum absolute atomic E-state index is 0.0144. The highest BCUT2D eigenvalue weighted by molar-refractivity contribution is 8.00. The molecule has 2 aromatic rings. The van der Waals surface area contributed by atoms with Gasteiger partial charge < -0.3 is 14.8 Å². The largest absolute Gasteiger partial charge is 0.486 e. The predicted octanol–water partition coefficient (Wildman–Crippen LogP) is 4.28. The van der Waals surface area contributed by atoms with Crippen molar-refractivity contribution in [1.29, 1.82) is 0 Å². The smallest absolute Gasteiger partial charge is 0.237 e. The molecule has 3 rings (SSSR count). The van der Waals surface area contributed by atoms with Gasteiger partial charge in [-0.25, -0.2) is 0 Å². The third-order valence-corrected chi connectivity index (χ3v) is 5.16. The van der Waals surface area contributed by atoms with Crippen LogP contribution in [-0.2, 0) is 4.79 Å². The minimum Gasteiger partial charge on any atom is -0.486 e. The maximum absolute atomic E-state index is 12.4. The zero-order valence-electron chi connectivity index (χ0n) is 13.8. The fraction of sp³-hybridized carbons (Fsp3) is 0.316. The van der Waals surface area contributed by atoms with Crippen LogP contribution < -0.4 is 14.8 Å². The van der Waals surface area contributed by atoms with Gasteiger partial charge in [-0.15, -0.1) is 11.8 Å². The van der Waals surface area contributed by atoms with E-state index in [-0.39, 0.29) is 16.4 Å². The average molecular weight is 343 g/mol. The molecule has 5 heteroatoms. The Balaban J connectivity index is 1.60. The van der Waals surface area contributed by atoms with E-state index in [0.29, 0.717) is 19.0 Å². The lowest BCUT2D eigenvalue weighted by Gasteiger charge is -2.20. The topological polar surface area (TPSA) is 47.6 Å². The lowest BCUT2D eigenvalue weighted by molar-refractivity contribution is -0.115. The van der Waals surface area contributed by atoms with Crippen molar-refractivity contribution in [2.24, 2.45) is 0 Å². The second-order valence-electron chi connectivity index (χ2n) is 5.68. The lowest BCUT2D eigenvalue weighted by Crippen LogP contribution is -2.23. The Bertz CT molecular complexity index is 705. The van der Waals surface area contributed by atoms with Gasteiger partial charge in [0, 0.05) is 17.0 Å². The van der Waals surface area contributed by atoms with Gasteiger partial charge in [0.25, 0.3) is 0 Å². The summed E-state index contributed by atoms with van der Waals surface area (Å²) in [6.07, 6.45) is 0. The number of rotatable bonds is 5. The average Bonchev–Trinajstić information content (AvgIpc) is 2.62. The molecule has 1 aliphatic heterocycles. The van der Waals surface area contributed by atoms with Crippen LogP contribution in [0.2, 0.25) is 0 Å². The molecule has 126 valence electrons. The van der Waals surface area contributed by atoms with E-state index in [1.807, 2.05) is 43.3 Å². The van der Waals surface area contributed by atoms with Crippen molar-refractivity contribution in [1.82, 2.24) is 0 Å². The van der Waals surface area contributed by atoms with Gasteiger partial charge in [-0.3, -0.25) is 4.79 Å². The molecule has 1 heterocycles. The van der Waals surface area contributed by atoms with Crippen molar-refractivity contribution in [3.05, 3.63) is 54.1 Å². The van der Waals surface area contributed by atoms with Crippen LogP contribution in [-0.4, -0.2) is 24.4 Å². The molecule has 1 N–H and O–H groups in total. The SMILES string of the molecule is CC(SC(C)c1ccccc1)C(=O)Nc1ccc2c(c1)OCCO2. The first kappa shape index (κ1) is 16.7. The molecule has 24 heavy (non-hydrogen) atoms. The molecular formula is C19H21NO3S. The van der Waals surface area contributed by atoms with Crippen LogP contribution >= 0.6 is 11.8 Å². The molecule has 2 aromatic carbocycles. The summed E-state index contributed by atoms with van der Waals surface area (Å²) in [6.45, 7) is 5.14. The van der Waals surface area contributed by atoms with Crippen molar-refractivity contribution in [2.75, 3.05) is 18.5 Å². The molecule has 2 atom stereocenters. The van der Waals surface area contributed by atoms with E-state index in [0.717, 1.165) is 11.4 Å². The number of carbonyl (C=O) groups is 1. The number of benzene rings is 2. The Hall–Kier alpha value is -2.14. The van der Waals surface area contributed by atoms with Crippen LogP contribution in [0.4, 0.5) is 5.69 Å². The zero-order chi connectivity index (χ0) is 16.9. The van der Waals surface area contributed by atoms with Gasteiger partial charge in [0.15, 0.2) is 11.5 Å². The summed E-state index contributed by atoms with van der Waals surface area (Å²) in [6, 6.07) is 15.7. The van der Waals surface area contributed by atoms with Crippen LogP contribution in [0.5, 0.6) is 11.5 Å². The molecule has 0 radical (unpaired) electrons. The number of nitrogens with one attached hydrogen (secondary N) is 1. The quantitative estimate of drug-likeness (QED) is 0.880. The summed E-state index contributed by atoms with van der Waals surface area (Å²) in [5.74, 6) is 1.39. The highest BCUT2D eigenvalue weighted by Gasteiger charge is 2.19. The first-order valence-corrected chi connectivity index (χ1v) is 8.98. The number of amides is 1. The summed E-state index contributed by atoms with van der Waals surface area (Å²) in [7, 11) is 0. The molecule has 0 saturated heterocycles. The minimum atomic E-state index is -0.159. The predicted molar refractivity (Wildman–Crippen MR) is 98.0 cm³/mol. The van der Waals surface area contributed by atoms with Crippen LogP contribution in [0, 0.1) is 0 Å². The van der Waals surface area contributed by atoms with E-state index < -0.39 is 0 Å². The second-order valence-corrected chi connectivity index (χ2v) is 7.37. The molecule has 0 fully saturated rings. The van der Waals surface area contributed by atoms with Gasteiger partial charge in [-0.05, 0) is 31.5 Å². The van der Waals surface area contributed by atoms with Gasteiger partial charge in [0.1, 0.15) is 13.2 Å². The Morgan fingerprint density at radius 1 is 1.04 bits per heavy atom. The van der Waals surface area contributed by atoms with Crippen molar-refractivity contribution in [3.8, 4) is 11.5 Å². The summed E-state index contributed by atoms with van der Waals surface area (Å²) in [5, 5.41) is 3.05. The van der Waals surface area contributed by atoms with E-state index in [1.165, 1.54) is 5.56 Å². The second kappa shape index (κ2) is 7.62. The first-order valence-electron chi connectivity index (χ1n) is 8.04. The highest BCUT2D eigenvalue weighted by atomic mass is 32.2. The Kier molecular flexibility index (Phi) is 5.30. The van der Waals surface area contributed by atoms with Crippen LogP contribution in [0.15, 0.2) is 48.5 Å². The number of fused-ring (bicyclic) bond motifs is 1. The maximum Gasteiger partial charge on any atom is 0.237 e. The molecule has 1 amide bonds. The molecular weight excluding hydrogens is 322 g/mol. The van der Waals surface area contributed by atoms with Gasteiger partial charge in [-0.2, -0.15) is 0 Å². The standard InChI is InChI=1S/C19H21NO3S/c1-13(15-6-4-3-5-7-15)24-14(2)19(21)20-16-8-9-17-18(12-16)23-11-10-22-17/h3-9,12-14H,10-11H2,1-2H3,(H,20,21). The fourth-order valence-corrected chi connectivity index (χ4v) is 3.64. The number of hydrogen-bond donors (Lipinski definition) is 1. The Morgan fingerprint density at radius 3 is 2.50 bits per heavy atom. The van der Waals surface area contributed by atoms with Crippen molar-refractivity contribution in [3.63, 3.8) is 0 Å². The molecule has 1 aliphatic rings. The number of thioether (sulfide) groups is 1. The van der Waals surface area contributed by atoms with E-state index in [1.54, 1.807) is 11.8 Å². The van der Waals surface area contributed by atoms with Crippen molar-refractivity contribution >= 4 is 23.4 Å². The zero-order valence-corrected chi connectivity index (χ0v) is 14.6. The van der Waals surface area contributed by atoms with E-state index in [4.69, 9.17) is 9.47 Å². The van der Waals surface area contributed by atoms with Crippen LogP contribution in [0.3, 0.4) is 0 Å². The summed E-state index contributed by atoms with van der Waals surface area (Å²) >= 11 is 1.64. The number of anilines is 1. The molecule has 0 aromatic heterocycles. The monoisotopic (exact) mass is 343 g/mol. The molecule has 0 bridgehead atoms. The number of hydrogen-bond acceptors (Lipinski definition) is 4. The number of ether oxygens (including phenoxy) is 2. The highest BCUT2D eigenvalue weighted by Crippen LogP contribution is 2.34. The van der Waals surface area contributed by atoms with Gasteiger partial charge in [0.2, 0.25) is 5.91 Å². The van der Waals surface area contributed by atoms with Gasteiger partial charge in [-0.1, -0.05) is 30.3 Å². The van der Waals surface area contributed by atoms with Crippen LogP contribution in [0.25, 0.3) is 0 Å². The van der Waals surface area contributed by atoms with Crippen molar-refractivity contribution < 1.29 is 14.3 Å². The molecule has 0 saturated carbocycles. The van der Waals surface area contributed by atoms with E-state index >= 15 is 0 Å². The summed E-state index contributed by atoms with van der Waals surface area (Å²) in [5.41, 5.74) is 1.95. The summed E-state index contributed by atoms with van der Waals surface area (Å²) in [4.78, 5) is 12.4. The third kappa shape index (κ3) is 4.03. The maximum atomic E-state index is 12.4. The normalized spacial score (nSPS) is 15.4. The van der Waals surface area contributed by atoms with Gasteiger partial charge in [0.05, 0.1) is 5.25 Å². The Labute approximate surface area is 146 Å². The third-order valence-electron chi connectivity index (χ3n) is 3.86. The summed E-state index contributed by atoms with van der Waals surface area (Å²) < 4.78 is 11.0. The first-order chi connectivity index (χ1) is 11.6. The fourth-order valence-electron chi connectivity index (χ4n) is 2.54. The van der Waals surface area contributed by atoms with Crippen molar-refractivity contribution in [2.45, 2.75) is 24.3 Å². The van der Waals surface area contributed by atoms with Gasteiger partial charge >= 0.3 is 0 Å². The van der Waals surface area contributed by atoms with Crippen LogP contribution in [0.1, 0.15) is 24.7 Å². The van der Waals surface area contributed by atoms with E-state index in [9.17, 15) is 4.79 Å². The Morgan fingerprint density at radius 2 is 1.75 bits per heavy atom. The molecule has 4 nitrogen and oxygen atoms in total. The molecule has 0 aliphatic carbocycles. The molecule has 0 spiro atoms. The van der Waals surface area contributed by atoms with E-state index in [2.05, 4.69) is 24.4 Å². The number of carbonyl (C=O) groups excluding carboxylic acids is 1. The lowest BCUT2D eigenvalue weighted by atomic mass is 10.2.